The van der Waals surface area contributed by atoms with E-state index in [4.69, 9.17) is 5.84 Å². The highest BCUT2D eigenvalue weighted by Gasteiger charge is 2.20. The van der Waals surface area contributed by atoms with Crippen LogP contribution in [0.5, 0.6) is 0 Å². The van der Waals surface area contributed by atoms with Crippen molar-refractivity contribution in [3.05, 3.63) is 17.1 Å². The molecule has 0 saturated carbocycles. The van der Waals surface area contributed by atoms with Crippen LogP contribution in [-0.2, 0) is 17.3 Å². The second kappa shape index (κ2) is 5.04. The molecule has 0 aliphatic carbocycles. The van der Waals surface area contributed by atoms with Gasteiger partial charge < -0.3 is 5.43 Å². The number of nitrogens with zero attached hydrogens (tertiary/aromatic N) is 2. The van der Waals surface area contributed by atoms with Crippen molar-refractivity contribution in [3.8, 4) is 0 Å². The maximum absolute atomic E-state index is 5.52. The number of aromatic nitrogens is 2. The summed E-state index contributed by atoms with van der Waals surface area (Å²) in [4.78, 5) is 9.10. The molecule has 1 aliphatic heterocycles. The van der Waals surface area contributed by atoms with E-state index in [1.54, 1.807) is 0 Å². The molecule has 0 radical (unpaired) electrons. The standard InChI is InChI=1S/C11H18N4S2/c1-11(2,3)17-6-9-13-8-5-16-4-7(8)10(14-9)15-12/h4-6,12H2,1-3H3,(H,13,14,15). The first-order valence-electron chi connectivity index (χ1n) is 5.56. The first-order valence-corrected chi connectivity index (χ1v) is 7.70. The van der Waals surface area contributed by atoms with Gasteiger partial charge in [-0.2, -0.15) is 11.8 Å². The van der Waals surface area contributed by atoms with Crippen molar-refractivity contribution < 1.29 is 0 Å². The van der Waals surface area contributed by atoms with E-state index in [-0.39, 0.29) is 4.75 Å². The highest BCUT2D eigenvalue weighted by atomic mass is 32.2. The van der Waals surface area contributed by atoms with Crippen molar-refractivity contribution >= 4 is 29.3 Å². The first kappa shape index (κ1) is 13.0. The molecule has 2 rings (SSSR count). The Balaban J connectivity index is 2.19. The van der Waals surface area contributed by atoms with Gasteiger partial charge in [-0.25, -0.2) is 15.8 Å². The second-order valence-corrected chi connectivity index (χ2v) is 7.74. The summed E-state index contributed by atoms with van der Waals surface area (Å²) in [6, 6.07) is 0. The molecule has 0 bridgehead atoms. The van der Waals surface area contributed by atoms with Gasteiger partial charge in [0.15, 0.2) is 0 Å². The van der Waals surface area contributed by atoms with Crippen LogP contribution < -0.4 is 11.3 Å². The quantitative estimate of drug-likeness (QED) is 0.650. The fourth-order valence-corrected chi connectivity index (χ4v) is 3.30. The largest absolute Gasteiger partial charge is 0.308 e. The molecule has 0 spiro atoms. The number of nitrogens with one attached hydrogen (secondary N) is 1. The van der Waals surface area contributed by atoms with Gasteiger partial charge in [0.1, 0.15) is 11.6 Å². The SMILES string of the molecule is CC(C)(C)SCc1nc2c(c(NN)n1)CSC2. The molecule has 0 saturated heterocycles. The summed E-state index contributed by atoms with van der Waals surface area (Å²) in [7, 11) is 0. The maximum atomic E-state index is 5.52. The van der Waals surface area contributed by atoms with E-state index < -0.39 is 0 Å². The maximum Gasteiger partial charge on any atom is 0.148 e. The van der Waals surface area contributed by atoms with Crippen LogP contribution in [0.1, 0.15) is 37.9 Å². The Morgan fingerprint density at radius 2 is 2.12 bits per heavy atom. The van der Waals surface area contributed by atoms with Crippen molar-refractivity contribution in [1.82, 2.24) is 9.97 Å². The molecule has 0 amide bonds. The highest BCUT2D eigenvalue weighted by Crippen LogP contribution is 2.33. The summed E-state index contributed by atoms with van der Waals surface area (Å²) in [5.74, 6) is 9.95. The van der Waals surface area contributed by atoms with Gasteiger partial charge in [-0.3, -0.25) is 0 Å². The van der Waals surface area contributed by atoms with Crippen molar-refractivity contribution in [1.29, 1.82) is 0 Å². The van der Waals surface area contributed by atoms with E-state index in [9.17, 15) is 0 Å². The minimum absolute atomic E-state index is 0.230. The fraction of sp³-hybridized carbons (Fsp3) is 0.636. The van der Waals surface area contributed by atoms with E-state index in [1.165, 1.54) is 5.56 Å². The highest BCUT2D eigenvalue weighted by molar-refractivity contribution is 7.99. The van der Waals surface area contributed by atoms with Gasteiger partial charge in [0, 0.05) is 21.8 Å². The van der Waals surface area contributed by atoms with Crippen LogP contribution in [0.15, 0.2) is 0 Å². The topological polar surface area (TPSA) is 63.8 Å². The van der Waals surface area contributed by atoms with E-state index in [2.05, 4.69) is 36.2 Å². The molecule has 0 unspecified atom stereocenters. The summed E-state index contributed by atoms with van der Waals surface area (Å²) in [6.07, 6.45) is 0. The van der Waals surface area contributed by atoms with Crippen LogP contribution in [0.4, 0.5) is 5.82 Å². The molecule has 1 aromatic heterocycles. The van der Waals surface area contributed by atoms with Crippen LogP contribution >= 0.6 is 23.5 Å². The lowest BCUT2D eigenvalue weighted by Crippen LogP contribution is -2.14. The lowest BCUT2D eigenvalue weighted by atomic mass is 10.2. The number of hydrogen-bond donors (Lipinski definition) is 2. The van der Waals surface area contributed by atoms with Crippen LogP contribution in [-0.4, -0.2) is 14.7 Å². The fourth-order valence-electron chi connectivity index (χ4n) is 1.57. The Kier molecular flexibility index (Phi) is 3.85. The molecule has 1 aromatic rings. The van der Waals surface area contributed by atoms with Crippen LogP contribution in [0, 0.1) is 0 Å². The Morgan fingerprint density at radius 1 is 1.35 bits per heavy atom. The zero-order valence-corrected chi connectivity index (χ0v) is 12.0. The van der Waals surface area contributed by atoms with Crippen molar-refractivity contribution in [2.45, 2.75) is 42.8 Å². The molecule has 17 heavy (non-hydrogen) atoms. The monoisotopic (exact) mass is 270 g/mol. The third kappa shape index (κ3) is 3.26. The minimum atomic E-state index is 0.230. The van der Waals surface area contributed by atoms with Crippen LogP contribution in [0.2, 0.25) is 0 Å². The number of thioether (sulfide) groups is 2. The zero-order chi connectivity index (χ0) is 12.5. The van der Waals surface area contributed by atoms with E-state index in [0.29, 0.717) is 0 Å². The average Bonchev–Trinajstić information content (AvgIpc) is 2.72. The normalized spacial score (nSPS) is 14.8. The summed E-state index contributed by atoms with van der Waals surface area (Å²) in [5, 5.41) is 0. The van der Waals surface area contributed by atoms with E-state index in [1.807, 2.05) is 23.5 Å². The van der Waals surface area contributed by atoms with Gasteiger partial charge in [-0.05, 0) is 0 Å². The third-order valence-corrected chi connectivity index (χ3v) is 4.63. The number of rotatable bonds is 3. The molecule has 94 valence electrons. The predicted molar refractivity (Wildman–Crippen MR) is 75.9 cm³/mol. The first-order chi connectivity index (χ1) is 7.99. The number of hydrogen-bond acceptors (Lipinski definition) is 6. The molecule has 0 aromatic carbocycles. The lowest BCUT2D eigenvalue weighted by Gasteiger charge is -2.17. The number of nitrogen functional groups attached to an aromatic ring is 1. The average molecular weight is 270 g/mol. The second-order valence-electron chi connectivity index (χ2n) is 4.95. The molecule has 1 aliphatic rings. The molecule has 6 heteroatoms. The third-order valence-electron chi connectivity index (χ3n) is 2.40. The van der Waals surface area contributed by atoms with Crippen LogP contribution in [0.25, 0.3) is 0 Å². The predicted octanol–water partition coefficient (Wildman–Crippen LogP) is 2.54. The van der Waals surface area contributed by atoms with Crippen molar-refractivity contribution in [3.63, 3.8) is 0 Å². The minimum Gasteiger partial charge on any atom is -0.308 e. The summed E-state index contributed by atoms with van der Waals surface area (Å²) in [6.45, 7) is 6.59. The molecule has 0 atom stereocenters. The molecular formula is C11H18N4S2. The van der Waals surface area contributed by atoms with Crippen molar-refractivity contribution in [2.24, 2.45) is 5.84 Å². The van der Waals surface area contributed by atoms with Crippen molar-refractivity contribution in [2.75, 3.05) is 5.43 Å². The van der Waals surface area contributed by atoms with Gasteiger partial charge in [0.05, 0.1) is 11.4 Å². The molecule has 0 fully saturated rings. The Hall–Kier alpha value is -0.460. The molecular weight excluding hydrogens is 252 g/mol. The van der Waals surface area contributed by atoms with E-state index in [0.717, 1.165) is 34.6 Å². The number of fused-ring (bicyclic) bond motifs is 1. The van der Waals surface area contributed by atoms with Gasteiger partial charge in [0.25, 0.3) is 0 Å². The Morgan fingerprint density at radius 3 is 2.76 bits per heavy atom. The molecule has 4 nitrogen and oxygen atoms in total. The summed E-state index contributed by atoms with van der Waals surface area (Å²) in [5.41, 5.74) is 5.00. The lowest BCUT2D eigenvalue weighted by molar-refractivity contribution is 0.799. The Labute approximate surface area is 111 Å². The smallest absolute Gasteiger partial charge is 0.148 e. The van der Waals surface area contributed by atoms with Gasteiger partial charge in [0.2, 0.25) is 0 Å². The zero-order valence-electron chi connectivity index (χ0n) is 10.4. The molecule has 2 heterocycles. The van der Waals surface area contributed by atoms with E-state index >= 15 is 0 Å². The summed E-state index contributed by atoms with van der Waals surface area (Å²) < 4.78 is 0.230. The Bertz CT molecular complexity index is 415. The number of anilines is 1. The number of hydrazine groups is 1. The van der Waals surface area contributed by atoms with Gasteiger partial charge in [-0.15, -0.1) is 11.8 Å². The van der Waals surface area contributed by atoms with Crippen LogP contribution in [0.3, 0.4) is 0 Å². The molecule has 3 N–H and O–H groups in total. The van der Waals surface area contributed by atoms with Gasteiger partial charge in [-0.1, -0.05) is 20.8 Å². The summed E-state index contributed by atoms with van der Waals surface area (Å²) >= 11 is 3.71. The van der Waals surface area contributed by atoms with Gasteiger partial charge >= 0.3 is 0 Å². The number of nitrogens with two attached hydrogens (primary N) is 1.